The van der Waals surface area contributed by atoms with Gasteiger partial charge >= 0.3 is 5.97 Å². The topological polar surface area (TPSA) is 86.5 Å². The first-order valence-corrected chi connectivity index (χ1v) is 8.48. The summed E-state index contributed by atoms with van der Waals surface area (Å²) in [6, 6.07) is 2.90. The molecule has 1 rings (SSSR count). The molecule has 0 unspecified atom stereocenters. The number of hydrogen-bond donors (Lipinski definition) is 1. The van der Waals surface area contributed by atoms with Crippen molar-refractivity contribution in [2.45, 2.75) is 45.4 Å². The Morgan fingerprint density at radius 3 is 2.43 bits per heavy atom. The summed E-state index contributed by atoms with van der Waals surface area (Å²) in [5.41, 5.74) is 1.45. The largest absolute Gasteiger partial charge is 0.462 e. The van der Waals surface area contributed by atoms with Crippen molar-refractivity contribution in [1.82, 2.24) is 0 Å². The van der Waals surface area contributed by atoms with E-state index in [9.17, 15) is 13.2 Å². The number of nitrogens with two attached hydrogens (primary N) is 1. The molecule has 21 heavy (non-hydrogen) atoms. The Morgan fingerprint density at radius 2 is 1.90 bits per heavy atom. The van der Waals surface area contributed by atoms with Gasteiger partial charge in [-0.05, 0) is 55.9 Å². The molecule has 0 amide bonds. The Kier molecular flexibility index (Phi) is 5.92. The van der Waals surface area contributed by atoms with Crippen LogP contribution < -0.4 is 5.14 Å². The number of benzene rings is 1. The van der Waals surface area contributed by atoms with Crippen molar-refractivity contribution in [3.63, 3.8) is 0 Å². The molecule has 0 aliphatic carbocycles. The van der Waals surface area contributed by atoms with Crippen LogP contribution in [0.15, 0.2) is 17.0 Å². The van der Waals surface area contributed by atoms with Crippen LogP contribution in [-0.4, -0.2) is 21.0 Å². The lowest BCUT2D eigenvalue weighted by molar-refractivity contribution is 0.0494. The Labute approximate surface area is 126 Å². The van der Waals surface area contributed by atoms with Crippen LogP contribution >= 0.6 is 0 Å². The highest BCUT2D eigenvalue weighted by atomic mass is 32.2. The van der Waals surface area contributed by atoms with E-state index < -0.39 is 16.0 Å². The number of hydrogen-bond acceptors (Lipinski definition) is 4. The van der Waals surface area contributed by atoms with Crippen molar-refractivity contribution in [3.8, 4) is 0 Å². The average Bonchev–Trinajstić information content (AvgIpc) is 2.35. The Hall–Kier alpha value is -1.40. The first-order chi connectivity index (χ1) is 9.62. The number of carbonyl (C=O) groups excluding carboxylic acids is 1. The molecule has 0 saturated carbocycles. The van der Waals surface area contributed by atoms with E-state index >= 15 is 0 Å². The Bertz CT molecular complexity index is 621. The number of sulfonamides is 1. The molecule has 1 aromatic rings. The zero-order valence-electron chi connectivity index (χ0n) is 13.0. The third kappa shape index (κ3) is 5.13. The van der Waals surface area contributed by atoms with Crippen LogP contribution in [0.3, 0.4) is 0 Å². The maximum absolute atomic E-state index is 12.0. The van der Waals surface area contributed by atoms with Crippen molar-refractivity contribution in [3.05, 3.63) is 28.8 Å². The van der Waals surface area contributed by atoms with Crippen LogP contribution in [0.4, 0.5) is 0 Å². The van der Waals surface area contributed by atoms with E-state index in [4.69, 9.17) is 9.88 Å². The van der Waals surface area contributed by atoms with E-state index in [1.807, 2.05) is 0 Å². The first-order valence-electron chi connectivity index (χ1n) is 6.94. The van der Waals surface area contributed by atoms with Crippen molar-refractivity contribution < 1.29 is 17.9 Å². The summed E-state index contributed by atoms with van der Waals surface area (Å²) in [6.07, 6.45) is 1.76. The van der Waals surface area contributed by atoms with Gasteiger partial charge in [-0.15, -0.1) is 0 Å². The Balaban J connectivity index is 2.89. The summed E-state index contributed by atoms with van der Waals surface area (Å²) in [6.45, 7) is 7.92. The van der Waals surface area contributed by atoms with Gasteiger partial charge < -0.3 is 4.74 Å². The van der Waals surface area contributed by atoms with E-state index in [2.05, 4.69) is 13.8 Å². The fourth-order valence-electron chi connectivity index (χ4n) is 1.98. The lowest BCUT2D eigenvalue weighted by Gasteiger charge is -2.11. The quantitative estimate of drug-likeness (QED) is 0.646. The minimum Gasteiger partial charge on any atom is -0.462 e. The van der Waals surface area contributed by atoms with Crippen molar-refractivity contribution in [1.29, 1.82) is 0 Å². The molecule has 0 bridgehead atoms. The van der Waals surface area contributed by atoms with Gasteiger partial charge in [-0.3, -0.25) is 0 Å². The fraction of sp³-hybridized carbons (Fsp3) is 0.533. The van der Waals surface area contributed by atoms with Crippen LogP contribution in [0.1, 0.15) is 48.2 Å². The van der Waals surface area contributed by atoms with E-state index in [0.29, 0.717) is 23.7 Å². The third-order valence-corrected chi connectivity index (χ3v) is 4.36. The van der Waals surface area contributed by atoms with Gasteiger partial charge in [0, 0.05) is 0 Å². The minimum atomic E-state index is -3.86. The second-order valence-electron chi connectivity index (χ2n) is 5.63. The average molecular weight is 313 g/mol. The van der Waals surface area contributed by atoms with Crippen LogP contribution in [0.25, 0.3) is 0 Å². The second-order valence-corrected chi connectivity index (χ2v) is 7.16. The zero-order valence-corrected chi connectivity index (χ0v) is 13.8. The monoisotopic (exact) mass is 313 g/mol. The number of esters is 1. The summed E-state index contributed by atoms with van der Waals surface area (Å²) in [5, 5.41) is 5.17. The van der Waals surface area contributed by atoms with E-state index in [1.165, 1.54) is 6.07 Å². The van der Waals surface area contributed by atoms with Gasteiger partial charge in [-0.2, -0.15) is 0 Å². The van der Waals surface area contributed by atoms with Gasteiger partial charge in [0.2, 0.25) is 10.0 Å². The molecule has 5 nitrogen and oxygen atoms in total. The fourth-order valence-corrected chi connectivity index (χ4v) is 2.86. The lowest BCUT2D eigenvalue weighted by Crippen LogP contribution is -2.16. The van der Waals surface area contributed by atoms with Gasteiger partial charge in [-0.1, -0.05) is 13.8 Å². The Morgan fingerprint density at radius 1 is 1.29 bits per heavy atom. The first kappa shape index (κ1) is 17.7. The summed E-state index contributed by atoms with van der Waals surface area (Å²) in [7, 11) is -3.86. The number of rotatable bonds is 6. The molecule has 0 fully saturated rings. The number of ether oxygens (including phenoxy) is 1. The minimum absolute atomic E-state index is 0.0309. The van der Waals surface area contributed by atoms with E-state index in [-0.39, 0.29) is 10.5 Å². The van der Waals surface area contributed by atoms with Crippen LogP contribution in [0.2, 0.25) is 0 Å². The van der Waals surface area contributed by atoms with Gasteiger partial charge in [0.1, 0.15) is 0 Å². The number of primary sulfonamides is 1. The number of carbonyl (C=O) groups is 1. The highest BCUT2D eigenvalue weighted by molar-refractivity contribution is 7.89. The molecule has 2 N–H and O–H groups in total. The summed E-state index contributed by atoms with van der Waals surface area (Å²) in [4.78, 5) is 11.9. The summed E-state index contributed by atoms with van der Waals surface area (Å²) in [5.74, 6) is 0.0334. The molecule has 1 aromatic carbocycles. The molecule has 0 radical (unpaired) electrons. The van der Waals surface area contributed by atoms with Crippen molar-refractivity contribution in [2.75, 3.05) is 6.61 Å². The third-order valence-electron chi connectivity index (χ3n) is 3.32. The molecule has 0 saturated heterocycles. The highest BCUT2D eigenvalue weighted by Gasteiger charge is 2.18. The van der Waals surface area contributed by atoms with Crippen LogP contribution in [-0.2, 0) is 14.8 Å². The molecule has 6 heteroatoms. The zero-order chi connectivity index (χ0) is 16.2. The predicted octanol–water partition coefficient (Wildman–Crippen LogP) is 2.54. The van der Waals surface area contributed by atoms with Crippen LogP contribution in [0.5, 0.6) is 0 Å². The molecular formula is C15H23NO4S. The molecular weight excluding hydrogens is 290 g/mol. The molecule has 0 heterocycles. The lowest BCUT2D eigenvalue weighted by atomic mass is 10.1. The smallest absolute Gasteiger partial charge is 0.338 e. The van der Waals surface area contributed by atoms with Gasteiger partial charge in [-0.25, -0.2) is 18.4 Å². The van der Waals surface area contributed by atoms with E-state index in [1.54, 1.807) is 19.9 Å². The van der Waals surface area contributed by atoms with Crippen molar-refractivity contribution >= 4 is 16.0 Å². The van der Waals surface area contributed by atoms with Gasteiger partial charge in [0.15, 0.2) is 0 Å². The van der Waals surface area contributed by atoms with Gasteiger partial charge in [0.05, 0.1) is 17.1 Å². The van der Waals surface area contributed by atoms with Crippen molar-refractivity contribution in [2.24, 2.45) is 11.1 Å². The SMILES string of the molecule is Cc1cc(C(=O)OCCCC(C)C)cc(S(N)(=O)=O)c1C. The highest BCUT2D eigenvalue weighted by Crippen LogP contribution is 2.20. The maximum Gasteiger partial charge on any atom is 0.338 e. The normalized spacial score (nSPS) is 11.7. The van der Waals surface area contributed by atoms with Crippen LogP contribution in [0, 0.1) is 19.8 Å². The molecule has 0 atom stereocenters. The van der Waals surface area contributed by atoms with Gasteiger partial charge in [0.25, 0.3) is 0 Å². The molecule has 118 valence electrons. The molecule has 0 aromatic heterocycles. The molecule has 0 spiro atoms. The summed E-state index contributed by atoms with van der Waals surface area (Å²) < 4.78 is 28.2. The molecule has 0 aliphatic rings. The van der Waals surface area contributed by atoms with E-state index in [0.717, 1.165) is 12.8 Å². The molecule has 0 aliphatic heterocycles. The maximum atomic E-state index is 12.0. The predicted molar refractivity (Wildman–Crippen MR) is 81.6 cm³/mol. The standard InChI is InChI=1S/C15H23NO4S/c1-10(2)6-5-7-20-15(17)13-8-11(3)12(4)14(9-13)21(16,18)19/h8-10H,5-7H2,1-4H3,(H2,16,18,19). The second kappa shape index (κ2) is 7.04. The number of aryl methyl sites for hydroxylation is 1. The summed E-state index contributed by atoms with van der Waals surface area (Å²) >= 11 is 0.